The molecule has 1 N–H and O–H groups in total. The van der Waals surface area contributed by atoms with Gasteiger partial charge in [-0.3, -0.25) is 14.9 Å². The zero-order valence-corrected chi connectivity index (χ0v) is 13.2. The van der Waals surface area contributed by atoms with Gasteiger partial charge in [0.2, 0.25) is 11.9 Å². The number of carbonyl (C=O) groups excluding carboxylic acids is 2. The van der Waals surface area contributed by atoms with Crippen molar-refractivity contribution in [3.63, 3.8) is 0 Å². The first kappa shape index (κ1) is 15.6. The number of nitrogens with zero attached hydrogens (tertiary/aromatic N) is 2. The van der Waals surface area contributed by atoms with Crippen molar-refractivity contribution in [2.75, 3.05) is 19.7 Å². The molecule has 1 saturated heterocycles. The second-order valence-corrected chi connectivity index (χ2v) is 5.68. The van der Waals surface area contributed by atoms with Crippen LogP contribution in [0.3, 0.4) is 0 Å². The topological polar surface area (TPSA) is 84.1 Å². The maximum absolute atomic E-state index is 12.5. The van der Waals surface area contributed by atoms with Crippen molar-refractivity contribution in [2.45, 2.75) is 32.2 Å². The van der Waals surface area contributed by atoms with Crippen molar-refractivity contribution >= 4 is 17.8 Å². The molecule has 1 aromatic heterocycles. The van der Waals surface area contributed by atoms with Crippen LogP contribution < -0.4 is 5.32 Å². The molecule has 0 saturated carbocycles. The van der Waals surface area contributed by atoms with E-state index in [4.69, 9.17) is 9.15 Å². The van der Waals surface area contributed by atoms with E-state index in [2.05, 4.69) is 15.2 Å². The van der Waals surface area contributed by atoms with Crippen LogP contribution in [0.1, 0.15) is 38.0 Å². The number of hydrogen-bond acceptors (Lipinski definition) is 6. The molecule has 7 heteroatoms. The molecular formula is C16H21N3O4. The molecule has 124 valence electrons. The highest BCUT2D eigenvalue weighted by atomic mass is 16.5. The van der Waals surface area contributed by atoms with Crippen LogP contribution in [0.25, 0.3) is 0 Å². The maximum Gasteiger partial charge on any atom is 0.321 e. The third-order valence-electron chi connectivity index (χ3n) is 4.13. The summed E-state index contributed by atoms with van der Waals surface area (Å²) in [4.78, 5) is 31.4. The highest BCUT2D eigenvalue weighted by molar-refractivity contribution is 6.08. The fourth-order valence-electron chi connectivity index (χ4n) is 2.99. The normalized spacial score (nSPS) is 24.8. The predicted octanol–water partition coefficient (Wildman–Crippen LogP) is 1.47. The average molecular weight is 319 g/mol. The summed E-state index contributed by atoms with van der Waals surface area (Å²) in [6, 6.07) is 2.77. The van der Waals surface area contributed by atoms with Gasteiger partial charge in [-0.25, -0.2) is 4.99 Å². The van der Waals surface area contributed by atoms with Gasteiger partial charge in [0.25, 0.3) is 0 Å². The number of amides is 1. The fourth-order valence-corrected chi connectivity index (χ4v) is 2.99. The average Bonchev–Trinajstić information content (AvgIpc) is 3.09. The zero-order valence-electron chi connectivity index (χ0n) is 13.2. The van der Waals surface area contributed by atoms with Gasteiger partial charge in [-0.2, -0.15) is 0 Å². The quantitative estimate of drug-likeness (QED) is 0.674. The van der Waals surface area contributed by atoms with Crippen LogP contribution in [0.4, 0.5) is 0 Å². The van der Waals surface area contributed by atoms with E-state index in [1.165, 1.54) is 12.7 Å². The molecule has 0 unspecified atom stereocenters. The lowest BCUT2D eigenvalue weighted by atomic mass is 9.95. The Hall–Kier alpha value is -2.31. The van der Waals surface area contributed by atoms with Crippen molar-refractivity contribution < 1.29 is 18.7 Å². The van der Waals surface area contributed by atoms with Crippen molar-refractivity contribution in [1.82, 2.24) is 10.2 Å². The number of ether oxygens (including phenoxy) is 1. The van der Waals surface area contributed by atoms with E-state index in [9.17, 15) is 9.59 Å². The summed E-state index contributed by atoms with van der Waals surface area (Å²) in [7, 11) is 0. The van der Waals surface area contributed by atoms with E-state index in [1.54, 1.807) is 19.1 Å². The number of furan rings is 1. The first-order valence-corrected chi connectivity index (χ1v) is 8.04. The first-order chi connectivity index (χ1) is 11.2. The molecule has 3 rings (SSSR count). The van der Waals surface area contributed by atoms with Crippen molar-refractivity contribution in [3.05, 3.63) is 24.2 Å². The molecule has 2 aliphatic heterocycles. The van der Waals surface area contributed by atoms with Crippen molar-refractivity contribution in [2.24, 2.45) is 10.9 Å². The fraction of sp³-hybridized carbons (Fsp3) is 0.562. The Morgan fingerprint density at radius 2 is 2.22 bits per heavy atom. The number of guanidine groups is 1. The van der Waals surface area contributed by atoms with Crippen LogP contribution >= 0.6 is 0 Å². The molecule has 1 fully saturated rings. The SMILES string of the molecule is CCOC(=O)[C@H]1C(=O)NC(N2CCCCC2)=N[C@H]1c1ccco1. The van der Waals surface area contributed by atoms with Gasteiger partial charge >= 0.3 is 5.97 Å². The summed E-state index contributed by atoms with van der Waals surface area (Å²) >= 11 is 0. The van der Waals surface area contributed by atoms with E-state index in [0.717, 1.165) is 25.9 Å². The molecule has 0 bridgehead atoms. The summed E-state index contributed by atoms with van der Waals surface area (Å²) in [5, 5.41) is 2.76. The van der Waals surface area contributed by atoms with E-state index in [1.807, 2.05) is 0 Å². The van der Waals surface area contributed by atoms with Crippen LogP contribution in [0.2, 0.25) is 0 Å². The van der Waals surface area contributed by atoms with Crippen molar-refractivity contribution in [3.8, 4) is 0 Å². The molecule has 1 amide bonds. The lowest BCUT2D eigenvalue weighted by molar-refractivity contribution is -0.153. The third kappa shape index (κ3) is 3.23. The molecule has 7 nitrogen and oxygen atoms in total. The lowest BCUT2D eigenvalue weighted by Gasteiger charge is -2.34. The number of carbonyl (C=O) groups is 2. The second-order valence-electron chi connectivity index (χ2n) is 5.68. The summed E-state index contributed by atoms with van der Waals surface area (Å²) in [6.07, 6.45) is 4.84. The molecular weight excluding hydrogens is 298 g/mol. The number of piperidine rings is 1. The maximum atomic E-state index is 12.5. The van der Waals surface area contributed by atoms with Gasteiger partial charge in [-0.1, -0.05) is 0 Å². The van der Waals surface area contributed by atoms with Gasteiger partial charge < -0.3 is 14.1 Å². The van der Waals surface area contributed by atoms with Crippen molar-refractivity contribution in [1.29, 1.82) is 0 Å². The monoisotopic (exact) mass is 319 g/mol. The molecule has 1 aromatic rings. The highest BCUT2D eigenvalue weighted by Crippen LogP contribution is 2.31. The Kier molecular flexibility index (Phi) is 4.64. The number of rotatable bonds is 3. The Bertz CT molecular complexity index is 590. The summed E-state index contributed by atoms with van der Waals surface area (Å²) in [6.45, 7) is 3.64. The number of likely N-dealkylation sites (tertiary alicyclic amines) is 1. The van der Waals surface area contributed by atoms with Crippen LogP contribution in [-0.4, -0.2) is 42.4 Å². The van der Waals surface area contributed by atoms with Gasteiger partial charge in [0.15, 0.2) is 5.92 Å². The number of hydrogen-bond donors (Lipinski definition) is 1. The summed E-state index contributed by atoms with van der Waals surface area (Å²) in [5.41, 5.74) is 0. The third-order valence-corrected chi connectivity index (χ3v) is 4.13. The summed E-state index contributed by atoms with van der Waals surface area (Å²) in [5.74, 6) is -0.966. The van der Waals surface area contributed by atoms with Crippen LogP contribution in [0.5, 0.6) is 0 Å². The number of esters is 1. The first-order valence-electron chi connectivity index (χ1n) is 8.04. The van der Waals surface area contributed by atoms with E-state index < -0.39 is 17.9 Å². The predicted molar refractivity (Wildman–Crippen MR) is 82.6 cm³/mol. The standard InChI is InChI=1S/C16H21N3O4/c1-2-22-15(21)12-13(11-7-6-10-23-11)17-16(18-14(12)20)19-8-4-3-5-9-19/h6-7,10,12-13H,2-5,8-9H2,1H3,(H,17,18,20)/t12-,13+/m1/s1. The molecule has 0 aliphatic carbocycles. The number of aliphatic imine (C=N–C) groups is 1. The summed E-state index contributed by atoms with van der Waals surface area (Å²) < 4.78 is 10.4. The van der Waals surface area contributed by atoms with E-state index >= 15 is 0 Å². The zero-order chi connectivity index (χ0) is 16.2. The highest BCUT2D eigenvalue weighted by Gasteiger charge is 2.43. The Balaban J connectivity index is 1.91. The minimum absolute atomic E-state index is 0.218. The van der Waals surface area contributed by atoms with Crippen LogP contribution in [0, 0.1) is 5.92 Å². The van der Waals surface area contributed by atoms with Gasteiger partial charge in [0.05, 0.1) is 12.9 Å². The second kappa shape index (κ2) is 6.85. The lowest BCUT2D eigenvalue weighted by Crippen LogP contribution is -2.53. The minimum atomic E-state index is -1.02. The van der Waals surface area contributed by atoms with Gasteiger partial charge in [-0.05, 0) is 38.3 Å². The Morgan fingerprint density at radius 3 is 2.87 bits per heavy atom. The molecule has 3 heterocycles. The molecule has 0 spiro atoms. The smallest absolute Gasteiger partial charge is 0.321 e. The molecule has 0 radical (unpaired) electrons. The van der Waals surface area contributed by atoms with Gasteiger partial charge in [0.1, 0.15) is 11.8 Å². The Morgan fingerprint density at radius 1 is 1.43 bits per heavy atom. The van der Waals surface area contributed by atoms with E-state index in [0.29, 0.717) is 11.7 Å². The molecule has 23 heavy (non-hydrogen) atoms. The van der Waals surface area contributed by atoms with E-state index in [-0.39, 0.29) is 12.5 Å². The van der Waals surface area contributed by atoms with Crippen LogP contribution in [-0.2, 0) is 14.3 Å². The molecule has 2 aliphatic rings. The molecule has 2 atom stereocenters. The minimum Gasteiger partial charge on any atom is -0.467 e. The van der Waals surface area contributed by atoms with Crippen LogP contribution in [0.15, 0.2) is 27.8 Å². The molecule has 0 aromatic carbocycles. The number of nitrogens with one attached hydrogen (secondary N) is 1. The largest absolute Gasteiger partial charge is 0.467 e. The Labute approximate surface area is 134 Å². The van der Waals surface area contributed by atoms with Gasteiger partial charge in [-0.15, -0.1) is 0 Å². The van der Waals surface area contributed by atoms with Gasteiger partial charge in [0, 0.05) is 13.1 Å².